The maximum absolute atomic E-state index is 13.9. The van der Waals surface area contributed by atoms with Crippen molar-refractivity contribution in [2.75, 3.05) is 18.5 Å². The highest BCUT2D eigenvalue weighted by Crippen LogP contribution is 2.25. The monoisotopic (exact) mass is 421 g/mol. The number of hydrogen-bond donors (Lipinski definition) is 3. The molecule has 0 aliphatic rings. The molecule has 0 fully saturated rings. The zero-order valence-corrected chi connectivity index (χ0v) is 16.4. The van der Waals surface area contributed by atoms with Crippen LogP contribution >= 0.6 is 11.8 Å². The average Bonchev–Trinajstić information content (AvgIpc) is 2.71. The summed E-state index contributed by atoms with van der Waals surface area (Å²) in [5.74, 6) is -1.19. The Kier molecular flexibility index (Phi) is 7.48. The molecule has 0 amide bonds. The van der Waals surface area contributed by atoms with Crippen molar-refractivity contribution in [2.24, 2.45) is 0 Å². The average molecular weight is 421 g/mol. The van der Waals surface area contributed by atoms with Crippen LogP contribution in [-0.4, -0.2) is 38.2 Å². The lowest BCUT2D eigenvalue weighted by Gasteiger charge is -2.10. The van der Waals surface area contributed by atoms with Crippen molar-refractivity contribution in [3.05, 3.63) is 51.9 Å². The van der Waals surface area contributed by atoms with Gasteiger partial charge in [-0.2, -0.15) is 0 Å². The second-order valence-electron chi connectivity index (χ2n) is 6.37. The molecule has 29 heavy (non-hydrogen) atoms. The first-order valence-corrected chi connectivity index (χ1v) is 10.2. The molecule has 2 heterocycles. The van der Waals surface area contributed by atoms with Gasteiger partial charge >= 0.3 is 0 Å². The van der Waals surface area contributed by atoms with Crippen LogP contribution in [0.1, 0.15) is 31.2 Å². The van der Waals surface area contributed by atoms with E-state index in [1.807, 2.05) is 0 Å². The number of halogens is 2. The van der Waals surface area contributed by atoms with E-state index in [-0.39, 0.29) is 23.6 Å². The van der Waals surface area contributed by atoms with Gasteiger partial charge in [-0.15, -0.1) is 0 Å². The van der Waals surface area contributed by atoms with Gasteiger partial charge in [0, 0.05) is 24.5 Å². The van der Waals surface area contributed by atoms with Crippen LogP contribution in [0.5, 0.6) is 0 Å². The highest BCUT2D eigenvalue weighted by atomic mass is 32.2. The van der Waals surface area contributed by atoms with Gasteiger partial charge in [-0.1, -0.05) is 36.7 Å². The standard InChI is InChI=1S/C19H21F2N5O2S/c20-13-7-5-6-12(15(13)21)11-29-19-25-17(22-8-3-1-2-4-9-27)16-18(26-19)24-14(28)10-23-16/h5-7,10,27H,1-4,8-9,11H2,(H2,22,24,25,26,28). The van der Waals surface area contributed by atoms with Crippen molar-refractivity contribution in [2.45, 2.75) is 36.6 Å². The molecular formula is C19H21F2N5O2S. The molecule has 0 saturated heterocycles. The summed E-state index contributed by atoms with van der Waals surface area (Å²) in [5, 5.41) is 12.3. The number of benzene rings is 1. The molecule has 0 aliphatic carbocycles. The van der Waals surface area contributed by atoms with Gasteiger partial charge in [0.2, 0.25) is 0 Å². The lowest BCUT2D eigenvalue weighted by molar-refractivity contribution is 0.283. The van der Waals surface area contributed by atoms with Crippen molar-refractivity contribution >= 4 is 28.7 Å². The van der Waals surface area contributed by atoms with Crippen molar-refractivity contribution in [1.29, 1.82) is 0 Å². The van der Waals surface area contributed by atoms with Crippen LogP contribution in [0.25, 0.3) is 11.2 Å². The number of H-pyrrole nitrogens is 1. The third kappa shape index (κ3) is 5.70. The Hall–Kier alpha value is -2.59. The van der Waals surface area contributed by atoms with Crippen LogP contribution in [0.2, 0.25) is 0 Å². The lowest BCUT2D eigenvalue weighted by atomic mass is 10.2. The van der Waals surface area contributed by atoms with E-state index in [2.05, 4.69) is 25.3 Å². The first kappa shape index (κ1) is 21.1. The Bertz CT molecular complexity index is 1030. The summed E-state index contributed by atoms with van der Waals surface area (Å²) >= 11 is 1.14. The summed E-state index contributed by atoms with van der Waals surface area (Å²) in [4.78, 5) is 27.1. The lowest BCUT2D eigenvalue weighted by Crippen LogP contribution is -2.11. The maximum Gasteiger partial charge on any atom is 0.268 e. The topological polar surface area (TPSA) is 104 Å². The van der Waals surface area contributed by atoms with Crippen molar-refractivity contribution < 1.29 is 13.9 Å². The summed E-state index contributed by atoms with van der Waals surface area (Å²) in [6.45, 7) is 0.828. The Morgan fingerprint density at radius 2 is 1.97 bits per heavy atom. The fourth-order valence-electron chi connectivity index (χ4n) is 2.70. The fraction of sp³-hybridized carbons (Fsp3) is 0.368. The van der Waals surface area contributed by atoms with E-state index < -0.39 is 17.2 Å². The van der Waals surface area contributed by atoms with Crippen LogP contribution in [0, 0.1) is 11.6 Å². The number of nitrogens with one attached hydrogen (secondary N) is 2. The second kappa shape index (κ2) is 10.3. The normalized spacial score (nSPS) is 11.1. The van der Waals surface area contributed by atoms with Gasteiger partial charge in [0.15, 0.2) is 28.3 Å². The minimum absolute atomic E-state index is 0.139. The zero-order chi connectivity index (χ0) is 20.6. The number of unbranched alkanes of at least 4 members (excludes halogenated alkanes) is 3. The quantitative estimate of drug-likeness (QED) is 0.262. The summed E-state index contributed by atoms with van der Waals surface area (Å²) in [5.41, 5.74) is 0.522. The Morgan fingerprint density at radius 3 is 2.79 bits per heavy atom. The zero-order valence-electron chi connectivity index (χ0n) is 15.6. The van der Waals surface area contributed by atoms with Crippen LogP contribution in [0.3, 0.4) is 0 Å². The Morgan fingerprint density at radius 1 is 1.14 bits per heavy atom. The third-order valence-electron chi connectivity index (χ3n) is 4.18. The predicted octanol–water partition coefficient (Wildman–Crippen LogP) is 3.25. The molecule has 0 radical (unpaired) electrons. The fourth-order valence-corrected chi connectivity index (χ4v) is 3.52. The van der Waals surface area contributed by atoms with Crippen molar-refractivity contribution in [3.8, 4) is 0 Å². The molecule has 3 rings (SSSR count). The van der Waals surface area contributed by atoms with E-state index >= 15 is 0 Å². The van der Waals surface area contributed by atoms with Crippen LogP contribution < -0.4 is 10.9 Å². The van der Waals surface area contributed by atoms with E-state index in [0.717, 1.165) is 49.7 Å². The van der Waals surface area contributed by atoms with Crippen molar-refractivity contribution in [1.82, 2.24) is 19.9 Å². The van der Waals surface area contributed by atoms with Gasteiger partial charge in [-0.05, 0) is 18.9 Å². The number of aromatic nitrogens is 4. The minimum atomic E-state index is -0.903. The van der Waals surface area contributed by atoms with Crippen LogP contribution in [-0.2, 0) is 5.75 Å². The summed E-state index contributed by atoms with van der Waals surface area (Å²) in [7, 11) is 0. The molecule has 0 atom stereocenters. The highest BCUT2D eigenvalue weighted by Gasteiger charge is 2.13. The van der Waals surface area contributed by atoms with Gasteiger partial charge in [-0.25, -0.2) is 23.7 Å². The number of nitrogens with zero attached hydrogens (tertiary/aromatic N) is 3. The van der Waals surface area contributed by atoms with Crippen LogP contribution in [0.4, 0.5) is 14.6 Å². The Labute approximate surface area is 170 Å². The van der Waals surface area contributed by atoms with Crippen LogP contribution in [0.15, 0.2) is 34.3 Å². The maximum atomic E-state index is 13.9. The molecule has 0 unspecified atom stereocenters. The molecule has 0 bridgehead atoms. The molecule has 7 nitrogen and oxygen atoms in total. The van der Waals surface area contributed by atoms with Gasteiger partial charge in [-0.3, -0.25) is 4.79 Å². The molecule has 0 aliphatic heterocycles. The number of aliphatic hydroxyl groups is 1. The Balaban J connectivity index is 1.76. The number of aliphatic hydroxyl groups excluding tert-OH is 1. The first-order chi connectivity index (χ1) is 14.1. The SMILES string of the molecule is O=c1cnc2c(NCCCCCCO)nc(SCc3cccc(F)c3F)nc2[nH]1. The number of fused-ring (bicyclic) bond motifs is 1. The molecule has 0 spiro atoms. The van der Waals surface area contributed by atoms with Crippen molar-refractivity contribution in [3.63, 3.8) is 0 Å². The number of rotatable bonds is 10. The second-order valence-corrected chi connectivity index (χ2v) is 7.31. The van der Waals surface area contributed by atoms with E-state index in [0.29, 0.717) is 23.0 Å². The van der Waals surface area contributed by atoms with E-state index in [9.17, 15) is 13.6 Å². The first-order valence-electron chi connectivity index (χ1n) is 9.26. The molecule has 0 saturated carbocycles. The largest absolute Gasteiger partial charge is 0.396 e. The molecule has 3 N–H and O–H groups in total. The molecule has 2 aromatic heterocycles. The minimum Gasteiger partial charge on any atom is -0.396 e. The molecule has 10 heteroatoms. The summed E-state index contributed by atoms with van der Waals surface area (Å²) in [6.07, 6.45) is 4.71. The van der Waals surface area contributed by atoms with Gasteiger partial charge in [0.25, 0.3) is 5.56 Å². The molecule has 1 aromatic carbocycles. The van der Waals surface area contributed by atoms with Gasteiger partial charge in [0.1, 0.15) is 5.52 Å². The number of thioether (sulfide) groups is 1. The van der Waals surface area contributed by atoms with E-state index in [1.54, 1.807) is 0 Å². The third-order valence-corrected chi connectivity index (χ3v) is 5.08. The molecule has 154 valence electrons. The number of anilines is 1. The molecular weight excluding hydrogens is 400 g/mol. The number of hydrogen-bond acceptors (Lipinski definition) is 7. The summed E-state index contributed by atoms with van der Waals surface area (Å²) < 4.78 is 27.3. The molecule has 3 aromatic rings. The number of aromatic amines is 1. The van der Waals surface area contributed by atoms with Gasteiger partial charge in [0.05, 0.1) is 6.20 Å². The summed E-state index contributed by atoms with van der Waals surface area (Å²) in [6, 6.07) is 4.01. The van der Waals surface area contributed by atoms with E-state index in [4.69, 9.17) is 5.11 Å². The van der Waals surface area contributed by atoms with Gasteiger partial charge < -0.3 is 15.4 Å². The highest BCUT2D eigenvalue weighted by molar-refractivity contribution is 7.98. The smallest absolute Gasteiger partial charge is 0.268 e. The predicted molar refractivity (Wildman–Crippen MR) is 108 cm³/mol. The van der Waals surface area contributed by atoms with E-state index in [1.165, 1.54) is 12.1 Å².